The number of carboxylic acids is 1. The molecule has 0 aliphatic carbocycles. The van der Waals surface area contributed by atoms with Crippen LogP contribution in [-0.2, 0) is 16.1 Å². The topological polar surface area (TPSA) is 78.8 Å². The molecular weight excluding hydrogens is 258 g/mol. The van der Waals surface area contributed by atoms with E-state index in [4.69, 9.17) is 9.84 Å². The molecule has 110 valence electrons. The van der Waals surface area contributed by atoms with E-state index < -0.39 is 24.2 Å². The number of rotatable bonds is 5. The van der Waals surface area contributed by atoms with E-state index in [1.54, 1.807) is 0 Å². The normalized spacial score (nSPS) is 26.1. The first-order valence-electron chi connectivity index (χ1n) is 6.83. The van der Waals surface area contributed by atoms with Crippen LogP contribution >= 0.6 is 0 Å². The summed E-state index contributed by atoms with van der Waals surface area (Å²) in [5.41, 5.74) is 2.27. The summed E-state index contributed by atoms with van der Waals surface area (Å²) >= 11 is 0. The van der Waals surface area contributed by atoms with Gasteiger partial charge in [0.05, 0.1) is 12.7 Å². The van der Waals surface area contributed by atoms with Crippen LogP contribution in [-0.4, -0.2) is 41.0 Å². The molecule has 3 N–H and O–H groups in total. The summed E-state index contributed by atoms with van der Waals surface area (Å²) in [5.74, 6) is -0.601. The Morgan fingerprint density at radius 1 is 1.50 bits per heavy atom. The summed E-state index contributed by atoms with van der Waals surface area (Å²) in [6.45, 7) is 4.97. The van der Waals surface area contributed by atoms with E-state index in [9.17, 15) is 9.90 Å². The minimum Gasteiger partial charge on any atom is -0.480 e. The number of aliphatic hydroxyl groups is 1. The van der Waals surface area contributed by atoms with Crippen molar-refractivity contribution >= 4 is 5.97 Å². The fourth-order valence-electron chi connectivity index (χ4n) is 2.34. The number of nitrogens with one attached hydrogen (secondary N) is 1. The number of hydrogen-bond acceptors (Lipinski definition) is 4. The minimum absolute atomic E-state index is 0.349. The molecule has 1 aliphatic heterocycles. The Kier molecular flexibility index (Phi) is 4.75. The summed E-state index contributed by atoms with van der Waals surface area (Å²) in [6, 6.07) is 7.16. The summed E-state index contributed by atoms with van der Waals surface area (Å²) in [6.07, 6.45) is -1.50. The van der Waals surface area contributed by atoms with Gasteiger partial charge < -0.3 is 14.9 Å². The third-order valence-electron chi connectivity index (χ3n) is 3.61. The zero-order valence-electron chi connectivity index (χ0n) is 11.7. The van der Waals surface area contributed by atoms with Crippen molar-refractivity contribution in [3.8, 4) is 0 Å². The highest BCUT2D eigenvalue weighted by Gasteiger charge is 2.39. The van der Waals surface area contributed by atoms with Crippen LogP contribution in [0.25, 0.3) is 0 Å². The Morgan fingerprint density at radius 3 is 2.85 bits per heavy atom. The van der Waals surface area contributed by atoms with Crippen LogP contribution in [0, 0.1) is 0 Å². The molecule has 1 heterocycles. The van der Waals surface area contributed by atoms with E-state index >= 15 is 0 Å². The number of ether oxygens (including phenoxy) is 1. The maximum absolute atomic E-state index is 10.9. The number of aliphatic hydroxyl groups excluding tert-OH is 1. The predicted molar refractivity (Wildman–Crippen MR) is 74.5 cm³/mol. The van der Waals surface area contributed by atoms with Crippen molar-refractivity contribution in [1.29, 1.82) is 0 Å². The molecule has 0 bridgehead atoms. The van der Waals surface area contributed by atoms with Gasteiger partial charge in [-0.2, -0.15) is 0 Å². The Bertz CT molecular complexity index is 475. The zero-order chi connectivity index (χ0) is 14.7. The van der Waals surface area contributed by atoms with E-state index in [-0.39, 0.29) is 0 Å². The molecule has 1 aromatic rings. The van der Waals surface area contributed by atoms with Crippen LogP contribution in [0.15, 0.2) is 24.3 Å². The zero-order valence-corrected chi connectivity index (χ0v) is 11.7. The molecule has 0 unspecified atom stereocenters. The van der Waals surface area contributed by atoms with E-state index in [0.717, 1.165) is 5.56 Å². The predicted octanol–water partition coefficient (Wildman–Crippen LogP) is 1.11. The first-order chi connectivity index (χ1) is 9.49. The summed E-state index contributed by atoms with van der Waals surface area (Å²) in [7, 11) is 0. The van der Waals surface area contributed by atoms with E-state index in [0.29, 0.717) is 19.1 Å². The second-order valence-corrected chi connectivity index (χ2v) is 5.46. The van der Waals surface area contributed by atoms with Crippen molar-refractivity contribution in [2.24, 2.45) is 0 Å². The lowest BCUT2D eigenvalue weighted by molar-refractivity contribution is -0.142. The molecule has 20 heavy (non-hydrogen) atoms. The smallest absolute Gasteiger partial charge is 0.323 e. The number of carbonyl (C=O) groups is 1. The first kappa shape index (κ1) is 15.0. The third kappa shape index (κ3) is 3.36. The van der Waals surface area contributed by atoms with Crippen LogP contribution < -0.4 is 5.32 Å². The molecule has 5 heteroatoms. The lowest BCUT2D eigenvalue weighted by Crippen LogP contribution is -2.40. The average molecular weight is 279 g/mol. The summed E-state index contributed by atoms with van der Waals surface area (Å²) in [5, 5.41) is 21.5. The lowest BCUT2D eigenvalue weighted by atomic mass is 10.0. The van der Waals surface area contributed by atoms with Gasteiger partial charge in [-0.15, -0.1) is 0 Å². The third-order valence-corrected chi connectivity index (χ3v) is 3.61. The summed E-state index contributed by atoms with van der Waals surface area (Å²) in [4.78, 5) is 10.9. The van der Waals surface area contributed by atoms with Gasteiger partial charge in [-0.3, -0.25) is 10.1 Å². The molecule has 0 saturated carbocycles. The van der Waals surface area contributed by atoms with Gasteiger partial charge in [0.25, 0.3) is 0 Å². The minimum atomic E-state index is -1.05. The van der Waals surface area contributed by atoms with Gasteiger partial charge in [0.1, 0.15) is 12.1 Å². The quantitative estimate of drug-likeness (QED) is 0.752. The van der Waals surface area contributed by atoms with Gasteiger partial charge in [-0.25, -0.2) is 0 Å². The van der Waals surface area contributed by atoms with Crippen molar-refractivity contribution in [3.63, 3.8) is 0 Å². The molecule has 1 aromatic carbocycles. The molecule has 0 aromatic heterocycles. The van der Waals surface area contributed by atoms with Gasteiger partial charge in [0.15, 0.2) is 0 Å². The Balaban J connectivity index is 1.93. The maximum Gasteiger partial charge on any atom is 0.323 e. The number of aliphatic carboxylic acids is 1. The molecule has 3 atom stereocenters. The van der Waals surface area contributed by atoms with Crippen molar-refractivity contribution < 1.29 is 19.7 Å². The molecule has 0 spiro atoms. The SMILES string of the molecule is CC(C)c1cccc(CO[C@H]2CN[C@H](C(=O)O)[C@@H]2O)c1. The highest BCUT2D eigenvalue weighted by atomic mass is 16.5. The Morgan fingerprint density at radius 2 is 2.25 bits per heavy atom. The van der Waals surface area contributed by atoms with Gasteiger partial charge >= 0.3 is 5.97 Å². The van der Waals surface area contributed by atoms with Crippen LogP contribution in [0.4, 0.5) is 0 Å². The largest absolute Gasteiger partial charge is 0.480 e. The number of hydrogen-bond donors (Lipinski definition) is 3. The molecular formula is C15H21NO4. The van der Waals surface area contributed by atoms with Crippen LogP contribution in [0.1, 0.15) is 30.9 Å². The second kappa shape index (κ2) is 6.35. The Labute approximate surface area is 118 Å². The molecule has 0 radical (unpaired) electrons. The standard InChI is InChI=1S/C15H21NO4/c1-9(2)11-5-3-4-10(6-11)8-20-12-7-16-13(14(12)17)15(18)19/h3-6,9,12-14,16-17H,7-8H2,1-2H3,(H,18,19)/t12-,13-,14+/m0/s1. The van der Waals surface area contributed by atoms with Crippen LogP contribution in [0.3, 0.4) is 0 Å². The van der Waals surface area contributed by atoms with E-state index in [2.05, 4.69) is 31.3 Å². The van der Waals surface area contributed by atoms with Crippen molar-refractivity contribution in [2.45, 2.75) is 44.6 Å². The van der Waals surface area contributed by atoms with Gasteiger partial charge in [-0.05, 0) is 17.0 Å². The molecule has 1 fully saturated rings. The fraction of sp³-hybridized carbons (Fsp3) is 0.533. The number of benzene rings is 1. The lowest BCUT2D eigenvalue weighted by Gasteiger charge is -2.17. The van der Waals surface area contributed by atoms with Crippen LogP contribution in [0.5, 0.6) is 0 Å². The highest BCUT2D eigenvalue weighted by molar-refractivity contribution is 5.74. The molecule has 5 nitrogen and oxygen atoms in total. The second-order valence-electron chi connectivity index (χ2n) is 5.46. The molecule has 0 amide bonds. The van der Waals surface area contributed by atoms with Gasteiger partial charge in [0.2, 0.25) is 0 Å². The monoisotopic (exact) mass is 279 g/mol. The van der Waals surface area contributed by atoms with Crippen molar-refractivity contribution in [1.82, 2.24) is 5.32 Å². The first-order valence-corrected chi connectivity index (χ1v) is 6.83. The van der Waals surface area contributed by atoms with Gasteiger partial charge in [0, 0.05) is 6.54 Å². The Hall–Kier alpha value is -1.43. The van der Waals surface area contributed by atoms with Crippen LogP contribution in [0.2, 0.25) is 0 Å². The molecule has 1 aliphatic rings. The van der Waals surface area contributed by atoms with Crippen molar-refractivity contribution in [3.05, 3.63) is 35.4 Å². The van der Waals surface area contributed by atoms with E-state index in [1.807, 2.05) is 12.1 Å². The van der Waals surface area contributed by atoms with E-state index in [1.165, 1.54) is 5.56 Å². The summed E-state index contributed by atoms with van der Waals surface area (Å²) < 4.78 is 5.64. The van der Waals surface area contributed by atoms with Gasteiger partial charge in [-0.1, -0.05) is 38.1 Å². The molecule has 1 saturated heterocycles. The van der Waals surface area contributed by atoms with Crippen molar-refractivity contribution in [2.75, 3.05) is 6.54 Å². The number of carboxylic acid groups (broad SMARTS) is 1. The average Bonchev–Trinajstić information content (AvgIpc) is 2.78. The molecule has 2 rings (SSSR count). The highest BCUT2D eigenvalue weighted by Crippen LogP contribution is 2.18. The maximum atomic E-state index is 10.9. The fourth-order valence-corrected chi connectivity index (χ4v) is 2.34.